The minimum absolute atomic E-state index is 0.129. The SMILES string of the molecule is CCOC(=O)C[C@H](N)c1cc(OC)cc(OC)c1. The van der Waals surface area contributed by atoms with Gasteiger partial charge in [0.1, 0.15) is 11.5 Å². The lowest BCUT2D eigenvalue weighted by atomic mass is 10.0. The molecule has 0 unspecified atom stereocenters. The van der Waals surface area contributed by atoms with Crippen LogP contribution in [-0.4, -0.2) is 26.8 Å². The normalized spacial score (nSPS) is 11.8. The predicted octanol–water partition coefficient (Wildman–Crippen LogP) is 1.66. The molecule has 0 aromatic heterocycles. The average molecular weight is 253 g/mol. The minimum Gasteiger partial charge on any atom is -0.497 e. The van der Waals surface area contributed by atoms with Crippen LogP contribution in [0.15, 0.2) is 18.2 Å². The van der Waals surface area contributed by atoms with Crippen LogP contribution in [0.4, 0.5) is 0 Å². The zero-order chi connectivity index (χ0) is 13.5. The van der Waals surface area contributed by atoms with Crippen LogP contribution < -0.4 is 15.2 Å². The number of ether oxygens (including phenoxy) is 3. The van der Waals surface area contributed by atoms with Gasteiger partial charge in [-0.3, -0.25) is 4.79 Å². The summed E-state index contributed by atoms with van der Waals surface area (Å²) in [5.41, 5.74) is 6.74. The molecule has 5 heteroatoms. The molecule has 100 valence electrons. The van der Waals surface area contributed by atoms with E-state index >= 15 is 0 Å². The van der Waals surface area contributed by atoms with E-state index in [1.54, 1.807) is 39.3 Å². The highest BCUT2D eigenvalue weighted by atomic mass is 16.5. The van der Waals surface area contributed by atoms with Crippen molar-refractivity contribution in [3.05, 3.63) is 23.8 Å². The second kappa shape index (κ2) is 6.86. The summed E-state index contributed by atoms with van der Waals surface area (Å²) in [5.74, 6) is 0.971. The van der Waals surface area contributed by atoms with Gasteiger partial charge >= 0.3 is 5.97 Å². The van der Waals surface area contributed by atoms with Crippen molar-refractivity contribution in [2.75, 3.05) is 20.8 Å². The molecule has 0 spiro atoms. The molecule has 0 radical (unpaired) electrons. The van der Waals surface area contributed by atoms with Gasteiger partial charge in [-0.25, -0.2) is 0 Å². The first-order chi connectivity index (χ1) is 8.60. The molecule has 0 saturated carbocycles. The van der Waals surface area contributed by atoms with Crippen LogP contribution in [0.3, 0.4) is 0 Å². The average Bonchev–Trinajstić information content (AvgIpc) is 2.38. The first kappa shape index (κ1) is 14.3. The van der Waals surface area contributed by atoms with Crippen molar-refractivity contribution >= 4 is 5.97 Å². The lowest BCUT2D eigenvalue weighted by Gasteiger charge is -2.14. The van der Waals surface area contributed by atoms with Crippen molar-refractivity contribution in [2.24, 2.45) is 5.73 Å². The lowest BCUT2D eigenvalue weighted by Crippen LogP contribution is -2.17. The van der Waals surface area contributed by atoms with Crippen LogP contribution in [0.1, 0.15) is 24.9 Å². The van der Waals surface area contributed by atoms with E-state index in [2.05, 4.69) is 0 Å². The summed E-state index contributed by atoms with van der Waals surface area (Å²) < 4.78 is 15.2. The summed E-state index contributed by atoms with van der Waals surface area (Å²) in [6.07, 6.45) is 0.129. The molecule has 0 aliphatic carbocycles. The van der Waals surface area contributed by atoms with Crippen LogP contribution in [-0.2, 0) is 9.53 Å². The highest BCUT2D eigenvalue weighted by Gasteiger charge is 2.14. The van der Waals surface area contributed by atoms with Crippen LogP contribution in [0, 0.1) is 0 Å². The topological polar surface area (TPSA) is 70.8 Å². The van der Waals surface area contributed by atoms with E-state index in [1.165, 1.54) is 0 Å². The van der Waals surface area contributed by atoms with Crippen LogP contribution in [0.5, 0.6) is 11.5 Å². The van der Waals surface area contributed by atoms with E-state index in [0.717, 1.165) is 5.56 Å². The molecule has 1 rings (SSSR count). The van der Waals surface area contributed by atoms with Crippen molar-refractivity contribution in [2.45, 2.75) is 19.4 Å². The molecule has 18 heavy (non-hydrogen) atoms. The monoisotopic (exact) mass is 253 g/mol. The van der Waals surface area contributed by atoms with E-state index in [9.17, 15) is 4.79 Å². The number of benzene rings is 1. The smallest absolute Gasteiger partial charge is 0.307 e. The van der Waals surface area contributed by atoms with Gasteiger partial charge in [-0.1, -0.05) is 0 Å². The van der Waals surface area contributed by atoms with Gasteiger partial charge in [0.2, 0.25) is 0 Å². The summed E-state index contributed by atoms with van der Waals surface area (Å²) in [7, 11) is 3.13. The first-order valence-corrected chi connectivity index (χ1v) is 5.74. The molecule has 2 N–H and O–H groups in total. The minimum atomic E-state index is -0.437. The third-order valence-corrected chi connectivity index (χ3v) is 2.49. The van der Waals surface area contributed by atoms with Crippen LogP contribution in [0.2, 0.25) is 0 Å². The Morgan fingerprint density at radius 1 is 1.22 bits per heavy atom. The van der Waals surface area contributed by atoms with Gasteiger partial charge in [0, 0.05) is 12.1 Å². The number of carbonyl (C=O) groups is 1. The summed E-state index contributed by atoms with van der Waals surface area (Å²) in [6, 6.07) is 4.88. The highest BCUT2D eigenvalue weighted by Crippen LogP contribution is 2.26. The van der Waals surface area contributed by atoms with Crippen molar-refractivity contribution in [3.8, 4) is 11.5 Å². The number of carbonyl (C=O) groups excluding carboxylic acids is 1. The molecule has 0 aliphatic rings. The van der Waals surface area contributed by atoms with E-state index in [0.29, 0.717) is 18.1 Å². The molecule has 1 aromatic carbocycles. The van der Waals surface area contributed by atoms with Crippen molar-refractivity contribution < 1.29 is 19.0 Å². The van der Waals surface area contributed by atoms with Gasteiger partial charge in [-0.05, 0) is 24.6 Å². The van der Waals surface area contributed by atoms with Gasteiger partial charge in [-0.15, -0.1) is 0 Å². The third kappa shape index (κ3) is 3.92. The summed E-state index contributed by atoms with van der Waals surface area (Å²) >= 11 is 0. The summed E-state index contributed by atoms with van der Waals surface area (Å²) in [4.78, 5) is 11.4. The second-order valence-electron chi connectivity index (χ2n) is 3.76. The van der Waals surface area contributed by atoms with Crippen molar-refractivity contribution in [1.29, 1.82) is 0 Å². The zero-order valence-corrected chi connectivity index (χ0v) is 10.9. The number of hydrogen-bond donors (Lipinski definition) is 1. The Hall–Kier alpha value is -1.75. The predicted molar refractivity (Wildman–Crippen MR) is 67.7 cm³/mol. The van der Waals surface area contributed by atoms with Gasteiger partial charge < -0.3 is 19.9 Å². The van der Waals surface area contributed by atoms with E-state index in [4.69, 9.17) is 19.9 Å². The molecule has 0 heterocycles. The Kier molecular flexibility index (Phi) is 5.45. The van der Waals surface area contributed by atoms with Gasteiger partial charge in [0.15, 0.2) is 0 Å². The molecule has 0 aliphatic heterocycles. The number of methoxy groups -OCH3 is 2. The molecule has 0 bridgehead atoms. The number of hydrogen-bond acceptors (Lipinski definition) is 5. The largest absolute Gasteiger partial charge is 0.497 e. The fraction of sp³-hybridized carbons (Fsp3) is 0.462. The van der Waals surface area contributed by atoms with Gasteiger partial charge in [0.05, 0.1) is 27.2 Å². The Bertz CT molecular complexity index is 384. The Morgan fingerprint density at radius 2 is 1.78 bits per heavy atom. The standard InChI is InChI=1S/C13H19NO4/c1-4-18-13(15)8-12(14)9-5-10(16-2)7-11(6-9)17-3/h5-7,12H,4,8,14H2,1-3H3/t12-/m0/s1. The third-order valence-electron chi connectivity index (χ3n) is 2.49. The molecule has 1 aromatic rings. The Balaban J connectivity index is 2.83. The zero-order valence-electron chi connectivity index (χ0n) is 10.9. The molecule has 5 nitrogen and oxygen atoms in total. The maximum Gasteiger partial charge on any atom is 0.307 e. The van der Waals surface area contributed by atoms with E-state index < -0.39 is 6.04 Å². The molecular formula is C13H19NO4. The van der Waals surface area contributed by atoms with Gasteiger partial charge in [-0.2, -0.15) is 0 Å². The summed E-state index contributed by atoms with van der Waals surface area (Å²) in [5, 5.41) is 0. The molecule has 0 fully saturated rings. The molecule has 1 atom stereocenters. The number of nitrogens with two attached hydrogens (primary N) is 1. The van der Waals surface area contributed by atoms with Crippen molar-refractivity contribution in [3.63, 3.8) is 0 Å². The fourth-order valence-corrected chi connectivity index (χ4v) is 1.56. The lowest BCUT2D eigenvalue weighted by molar-refractivity contribution is -0.143. The maximum atomic E-state index is 11.4. The fourth-order valence-electron chi connectivity index (χ4n) is 1.56. The number of esters is 1. The van der Waals surface area contributed by atoms with E-state index in [1.807, 2.05) is 0 Å². The summed E-state index contributed by atoms with van der Waals surface area (Å²) in [6.45, 7) is 2.12. The van der Waals surface area contributed by atoms with Crippen LogP contribution >= 0.6 is 0 Å². The molecule has 0 amide bonds. The Labute approximate surface area is 107 Å². The first-order valence-electron chi connectivity index (χ1n) is 5.74. The van der Waals surface area contributed by atoms with Gasteiger partial charge in [0.25, 0.3) is 0 Å². The quantitative estimate of drug-likeness (QED) is 0.781. The highest BCUT2D eigenvalue weighted by molar-refractivity contribution is 5.70. The number of rotatable bonds is 6. The second-order valence-corrected chi connectivity index (χ2v) is 3.76. The maximum absolute atomic E-state index is 11.4. The Morgan fingerprint density at radius 3 is 2.22 bits per heavy atom. The van der Waals surface area contributed by atoms with E-state index in [-0.39, 0.29) is 12.4 Å². The van der Waals surface area contributed by atoms with Crippen molar-refractivity contribution in [1.82, 2.24) is 0 Å². The van der Waals surface area contributed by atoms with Crippen LogP contribution in [0.25, 0.3) is 0 Å². The molecule has 0 saturated heterocycles. The molecular weight excluding hydrogens is 234 g/mol.